The van der Waals surface area contributed by atoms with E-state index in [0.717, 1.165) is 18.2 Å². The summed E-state index contributed by atoms with van der Waals surface area (Å²) < 4.78 is 5.28. The van der Waals surface area contributed by atoms with Gasteiger partial charge in [-0.15, -0.1) is 0 Å². The van der Waals surface area contributed by atoms with Gasteiger partial charge in [-0.3, -0.25) is 0 Å². The lowest BCUT2D eigenvalue weighted by atomic mass is 9.95. The van der Waals surface area contributed by atoms with E-state index >= 15 is 0 Å². The lowest BCUT2D eigenvalue weighted by molar-refractivity contribution is 0.152. The Morgan fingerprint density at radius 2 is 2.05 bits per heavy atom. The number of ether oxygens (including phenoxy) is 1. The Labute approximate surface area is 115 Å². The van der Waals surface area contributed by atoms with Crippen LogP contribution in [0.15, 0.2) is 24.3 Å². The number of nitrogens with zero attached hydrogens (tertiary/aromatic N) is 1. The fourth-order valence-corrected chi connectivity index (χ4v) is 3.38. The van der Waals surface area contributed by atoms with Gasteiger partial charge in [-0.1, -0.05) is 12.1 Å². The van der Waals surface area contributed by atoms with Crippen molar-refractivity contribution >= 4 is 5.69 Å². The summed E-state index contributed by atoms with van der Waals surface area (Å²) in [5.74, 6) is 0.729. The van der Waals surface area contributed by atoms with Crippen LogP contribution in [0.5, 0.6) is 0 Å². The summed E-state index contributed by atoms with van der Waals surface area (Å²) in [6.07, 6.45) is 3.93. The first-order valence-electron chi connectivity index (χ1n) is 7.29. The summed E-state index contributed by atoms with van der Waals surface area (Å²) in [6, 6.07) is 8.50. The van der Waals surface area contributed by atoms with Crippen LogP contribution in [0.2, 0.25) is 0 Å². The van der Waals surface area contributed by atoms with Gasteiger partial charge >= 0.3 is 0 Å². The molecule has 3 rings (SSSR count). The number of anilines is 1. The predicted molar refractivity (Wildman–Crippen MR) is 78.2 cm³/mol. The first kappa shape index (κ1) is 12.9. The lowest BCUT2D eigenvalue weighted by Crippen LogP contribution is -2.31. The molecule has 0 spiro atoms. The number of methoxy groups -OCH3 is 1. The third-order valence-corrected chi connectivity index (χ3v) is 4.68. The molecule has 0 amide bonds. The number of nitrogens with two attached hydrogens (primary N) is 1. The molecule has 1 aliphatic heterocycles. The molecule has 19 heavy (non-hydrogen) atoms. The van der Waals surface area contributed by atoms with Crippen LogP contribution in [0.25, 0.3) is 0 Å². The maximum Gasteiger partial charge on any atom is 0.0503 e. The molecule has 1 aromatic carbocycles. The molecule has 1 saturated carbocycles. The van der Waals surface area contributed by atoms with E-state index in [1.807, 2.05) is 12.1 Å². The van der Waals surface area contributed by atoms with E-state index in [-0.39, 0.29) is 0 Å². The predicted octanol–water partition coefficient (Wildman–Crippen LogP) is 2.27. The molecule has 1 saturated heterocycles. The highest BCUT2D eigenvalue weighted by molar-refractivity contribution is 5.43. The zero-order chi connectivity index (χ0) is 13.3. The summed E-state index contributed by atoms with van der Waals surface area (Å²) in [4.78, 5) is 2.62. The molecule has 2 fully saturated rings. The molecule has 0 aromatic heterocycles. The number of likely N-dealkylation sites (tertiary alicyclic amines) is 1. The second kappa shape index (κ2) is 5.14. The van der Waals surface area contributed by atoms with E-state index in [1.54, 1.807) is 7.11 Å². The molecule has 1 unspecified atom stereocenters. The fraction of sp³-hybridized carbons (Fsp3) is 0.625. The normalized spacial score (nSPS) is 25.6. The van der Waals surface area contributed by atoms with Crippen LogP contribution in [-0.4, -0.2) is 38.3 Å². The maximum atomic E-state index is 5.78. The van der Waals surface area contributed by atoms with E-state index in [0.29, 0.717) is 5.41 Å². The van der Waals surface area contributed by atoms with Crippen LogP contribution in [0.1, 0.15) is 24.8 Å². The van der Waals surface area contributed by atoms with Crippen molar-refractivity contribution in [2.45, 2.75) is 24.7 Å². The average Bonchev–Trinajstić information content (AvgIpc) is 3.05. The highest BCUT2D eigenvalue weighted by atomic mass is 16.5. The quantitative estimate of drug-likeness (QED) is 0.825. The van der Waals surface area contributed by atoms with Gasteiger partial charge < -0.3 is 15.4 Å². The van der Waals surface area contributed by atoms with Gasteiger partial charge in [0.2, 0.25) is 0 Å². The Bertz CT molecular complexity index is 425. The second-order valence-corrected chi connectivity index (χ2v) is 6.25. The topological polar surface area (TPSA) is 38.5 Å². The molecule has 0 radical (unpaired) electrons. The number of rotatable bonds is 5. The van der Waals surface area contributed by atoms with Crippen molar-refractivity contribution in [2.24, 2.45) is 5.92 Å². The van der Waals surface area contributed by atoms with E-state index in [1.165, 1.54) is 44.5 Å². The van der Waals surface area contributed by atoms with Gasteiger partial charge in [0, 0.05) is 31.3 Å². The van der Waals surface area contributed by atoms with Gasteiger partial charge in [0.05, 0.1) is 6.61 Å². The smallest absolute Gasteiger partial charge is 0.0503 e. The Kier molecular flexibility index (Phi) is 3.50. The Balaban J connectivity index is 1.62. The van der Waals surface area contributed by atoms with Crippen molar-refractivity contribution in [2.75, 3.05) is 39.1 Å². The van der Waals surface area contributed by atoms with E-state index < -0.39 is 0 Å². The van der Waals surface area contributed by atoms with Crippen LogP contribution in [0.3, 0.4) is 0 Å². The molecule has 2 N–H and O–H groups in total. The molecule has 3 heteroatoms. The molecule has 0 bridgehead atoms. The van der Waals surface area contributed by atoms with Crippen LogP contribution in [0, 0.1) is 5.92 Å². The van der Waals surface area contributed by atoms with Crippen molar-refractivity contribution < 1.29 is 4.74 Å². The number of benzene rings is 1. The molecule has 2 aliphatic rings. The number of hydrogen-bond acceptors (Lipinski definition) is 3. The first-order chi connectivity index (χ1) is 9.22. The first-order valence-corrected chi connectivity index (χ1v) is 7.29. The third-order valence-electron chi connectivity index (χ3n) is 4.68. The van der Waals surface area contributed by atoms with Crippen molar-refractivity contribution in [3.63, 3.8) is 0 Å². The van der Waals surface area contributed by atoms with E-state index in [4.69, 9.17) is 10.5 Å². The highest BCUT2D eigenvalue weighted by Gasteiger charge is 2.46. The largest absolute Gasteiger partial charge is 0.399 e. The van der Waals surface area contributed by atoms with Gasteiger partial charge in [-0.05, 0) is 49.4 Å². The maximum absolute atomic E-state index is 5.78. The molecule has 1 atom stereocenters. The SMILES string of the molecule is COCC1CCN(CC2(c3ccc(N)cc3)CC2)C1. The molecule has 3 nitrogen and oxygen atoms in total. The minimum Gasteiger partial charge on any atom is -0.399 e. The van der Waals surface area contributed by atoms with Crippen LogP contribution < -0.4 is 5.73 Å². The molecule has 1 aromatic rings. The van der Waals surface area contributed by atoms with E-state index in [9.17, 15) is 0 Å². The van der Waals surface area contributed by atoms with Crippen molar-refractivity contribution in [3.05, 3.63) is 29.8 Å². The Morgan fingerprint density at radius 1 is 1.32 bits per heavy atom. The minimum absolute atomic E-state index is 0.412. The summed E-state index contributed by atoms with van der Waals surface area (Å²) >= 11 is 0. The monoisotopic (exact) mass is 260 g/mol. The van der Waals surface area contributed by atoms with E-state index in [2.05, 4.69) is 17.0 Å². The Morgan fingerprint density at radius 3 is 2.68 bits per heavy atom. The molecule has 1 aliphatic carbocycles. The summed E-state index contributed by atoms with van der Waals surface area (Å²) in [7, 11) is 1.80. The zero-order valence-electron chi connectivity index (χ0n) is 11.8. The van der Waals surface area contributed by atoms with Gasteiger partial charge in [0.1, 0.15) is 0 Å². The van der Waals surface area contributed by atoms with Gasteiger partial charge in [0.25, 0.3) is 0 Å². The van der Waals surface area contributed by atoms with Crippen LogP contribution in [-0.2, 0) is 10.2 Å². The molecular weight excluding hydrogens is 236 g/mol. The van der Waals surface area contributed by atoms with Crippen LogP contribution in [0.4, 0.5) is 5.69 Å². The Hall–Kier alpha value is -1.06. The summed E-state index contributed by atoms with van der Waals surface area (Å²) in [5.41, 5.74) is 8.52. The van der Waals surface area contributed by atoms with Gasteiger partial charge in [-0.25, -0.2) is 0 Å². The van der Waals surface area contributed by atoms with Crippen molar-refractivity contribution in [1.29, 1.82) is 0 Å². The van der Waals surface area contributed by atoms with Gasteiger partial charge in [-0.2, -0.15) is 0 Å². The second-order valence-electron chi connectivity index (χ2n) is 6.25. The standard InChI is InChI=1S/C16H24N2O/c1-19-11-13-6-9-18(10-13)12-16(7-8-16)14-2-4-15(17)5-3-14/h2-5,13H,6-12,17H2,1H3. The number of nitrogen functional groups attached to an aromatic ring is 1. The minimum atomic E-state index is 0.412. The third kappa shape index (κ3) is 2.77. The summed E-state index contributed by atoms with van der Waals surface area (Å²) in [6.45, 7) is 4.54. The molecule has 104 valence electrons. The number of hydrogen-bond donors (Lipinski definition) is 1. The van der Waals surface area contributed by atoms with Crippen molar-refractivity contribution in [3.8, 4) is 0 Å². The van der Waals surface area contributed by atoms with Crippen molar-refractivity contribution in [1.82, 2.24) is 4.90 Å². The molecular formula is C16H24N2O. The van der Waals surface area contributed by atoms with Crippen LogP contribution >= 0.6 is 0 Å². The summed E-state index contributed by atoms with van der Waals surface area (Å²) in [5, 5.41) is 0. The zero-order valence-corrected chi connectivity index (χ0v) is 11.8. The highest BCUT2D eigenvalue weighted by Crippen LogP contribution is 2.49. The molecule has 1 heterocycles. The lowest BCUT2D eigenvalue weighted by Gasteiger charge is -2.24. The van der Waals surface area contributed by atoms with Gasteiger partial charge in [0.15, 0.2) is 0 Å². The average molecular weight is 260 g/mol. The fourth-order valence-electron chi connectivity index (χ4n) is 3.38.